The van der Waals surface area contributed by atoms with Gasteiger partial charge in [0.05, 0.1) is 20.3 Å². The zero-order chi connectivity index (χ0) is 14.0. The number of carbonyl (C=O) groups is 2. The van der Waals surface area contributed by atoms with Gasteiger partial charge in [0.15, 0.2) is 5.41 Å². The van der Waals surface area contributed by atoms with E-state index in [-0.39, 0.29) is 24.5 Å². The molecule has 1 amide bonds. The topological polar surface area (TPSA) is 55.8 Å². The molecule has 0 saturated carbocycles. The van der Waals surface area contributed by atoms with Gasteiger partial charge in [0.25, 0.3) is 0 Å². The van der Waals surface area contributed by atoms with Crippen molar-refractivity contribution >= 4 is 11.9 Å². The number of esters is 1. The second-order valence-corrected chi connectivity index (χ2v) is 6.10. The Morgan fingerprint density at radius 1 is 1.33 bits per heavy atom. The lowest BCUT2D eigenvalue weighted by Gasteiger charge is -2.39. The molecule has 104 valence electrons. The third kappa shape index (κ3) is 3.02. The molecule has 0 unspecified atom stereocenters. The van der Waals surface area contributed by atoms with Crippen LogP contribution in [0.15, 0.2) is 0 Å². The van der Waals surface area contributed by atoms with Gasteiger partial charge in [0, 0.05) is 13.6 Å². The van der Waals surface area contributed by atoms with Gasteiger partial charge in [-0.25, -0.2) is 0 Å². The summed E-state index contributed by atoms with van der Waals surface area (Å²) in [4.78, 5) is 25.6. The highest BCUT2D eigenvalue weighted by atomic mass is 16.5. The van der Waals surface area contributed by atoms with E-state index >= 15 is 0 Å². The Hall–Kier alpha value is -1.10. The number of methoxy groups -OCH3 is 1. The largest absolute Gasteiger partial charge is 0.468 e. The molecule has 1 saturated heterocycles. The van der Waals surface area contributed by atoms with Gasteiger partial charge >= 0.3 is 5.97 Å². The van der Waals surface area contributed by atoms with Crippen molar-refractivity contribution in [2.45, 2.75) is 27.2 Å². The van der Waals surface area contributed by atoms with E-state index in [1.54, 1.807) is 11.9 Å². The lowest BCUT2D eigenvalue weighted by molar-refractivity contribution is -0.193. The van der Waals surface area contributed by atoms with Crippen LogP contribution in [0, 0.1) is 10.8 Å². The second-order valence-electron chi connectivity index (χ2n) is 6.10. The van der Waals surface area contributed by atoms with Crippen molar-refractivity contribution in [3.8, 4) is 0 Å². The van der Waals surface area contributed by atoms with Crippen molar-refractivity contribution in [3.05, 3.63) is 0 Å². The molecule has 1 aliphatic heterocycles. The van der Waals surface area contributed by atoms with Gasteiger partial charge in [-0.1, -0.05) is 20.8 Å². The fraction of sp³-hybridized carbons (Fsp3) is 0.846. The summed E-state index contributed by atoms with van der Waals surface area (Å²) in [7, 11) is 3.02. The van der Waals surface area contributed by atoms with E-state index in [4.69, 9.17) is 9.47 Å². The maximum absolute atomic E-state index is 12.3. The summed E-state index contributed by atoms with van der Waals surface area (Å²) >= 11 is 0. The van der Waals surface area contributed by atoms with E-state index in [1.165, 1.54) is 7.11 Å². The van der Waals surface area contributed by atoms with E-state index in [1.807, 2.05) is 0 Å². The summed E-state index contributed by atoms with van der Waals surface area (Å²) in [5, 5.41) is 0. The molecule has 0 aromatic carbocycles. The molecule has 0 aromatic heterocycles. The Labute approximate surface area is 108 Å². The van der Waals surface area contributed by atoms with E-state index in [0.29, 0.717) is 6.54 Å². The van der Waals surface area contributed by atoms with Gasteiger partial charge in [0.2, 0.25) is 5.91 Å². The molecule has 0 aliphatic carbocycles. The number of nitrogens with zero attached hydrogens (tertiary/aromatic N) is 1. The summed E-state index contributed by atoms with van der Waals surface area (Å²) in [6, 6.07) is 0. The number of carbonyl (C=O) groups excluding carboxylic acids is 2. The summed E-state index contributed by atoms with van der Waals surface area (Å²) in [6.07, 6.45) is 0.882. The van der Waals surface area contributed by atoms with Crippen LogP contribution in [0.4, 0.5) is 0 Å². The monoisotopic (exact) mass is 257 g/mol. The molecule has 0 bridgehead atoms. The molecule has 1 heterocycles. The van der Waals surface area contributed by atoms with Gasteiger partial charge in [0.1, 0.15) is 0 Å². The van der Waals surface area contributed by atoms with Crippen LogP contribution in [0.2, 0.25) is 0 Å². The zero-order valence-electron chi connectivity index (χ0n) is 11.9. The second kappa shape index (κ2) is 5.26. The van der Waals surface area contributed by atoms with Gasteiger partial charge < -0.3 is 14.4 Å². The smallest absolute Gasteiger partial charge is 0.326 e. The van der Waals surface area contributed by atoms with E-state index in [9.17, 15) is 9.59 Å². The van der Waals surface area contributed by atoms with Crippen LogP contribution in [0.25, 0.3) is 0 Å². The van der Waals surface area contributed by atoms with E-state index in [2.05, 4.69) is 20.8 Å². The first-order valence-corrected chi connectivity index (χ1v) is 6.15. The first-order valence-electron chi connectivity index (χ1n) is 6.15. The van der Waals surface area contributed by atoms with Crippen LogP contribution in [0.1, 0.15) is 27.2 Å². The molecular weight excluding hydrogens is 234 g/mol. The Morgan fingerprint density at radius 2 is 1.89 bits per heavy atom. The van der Waals surface area contributed by atoms with Crippen molar-refractivity contribution in [1.82, 2.24) is 4.90 Å². The molecule has 0 atom stereocenters. The number of ether oxygens (including phenoxy) is 2. The van der Waals surface area contributed by atoms with Crippen molar-refractivity contribution in [2.75, 3.05) is 33.9 Å². The molecule has 0 radical (unpaired) electrons. The van der Waals surface area contributed by atoms with Crippen LogP contribution < -0.4 is 0 Å². The molecular formula is C13H23NO4. The SMILES string of the molecule is COC(=O)C1(C(=O)N(C)CCC(C)(C)C)COC1. The lowest BCUT2D eigenvalue weighted by atomic mass is 9.84. The molecule has 5 nitrogen and oxygen atoms in total. The third-order valence-electron chi connectivity index (χ3n) is 3.23. The Kier molecular flexibility index (Phi) is 4.37. The maximum atomic E-state index is 12.3. The van der Waals surface area contributed by atoms with Crippen LogP contribution in [0.5, 0.6) is 0 Å². The molecule has 1 fully saturated rings. The summed E-state index contributed by atoms with van der Waals surface area (Å²) < 4.78 is 9.74. The molecule has 0 aromatic rings. The minimum atomic E-state index is -1.11. The maximum Gasteiger partial charge on any atom is 0.326 e. The predicted octanol–water partition coefficient (Wildman–Crippen LogP) is 1.07. The van der Waals surface area contributed by atoms with Crippen molar-refractivity contribution in [2.24, 2.45) is 10.8 Å². The fourth-order valence-corrected chi connectivity index (χ4v) is 1.80. The lowest BCUT2D eigenvalue weighted by Crippen LogP contribution is -2.59. The summed E-state index contributed by atoms with van der Waals surface area (Å²) in [5.74, 6) is -0.703. The standard InChI is InChI=1S/C13H23NO4/c1-12(2,3)6-7-14(4)10(15)13(8-18-9-13)11(16)17-5/h6-9H2,1-5H3. The zero-order valence-corrected chi connectivity index (χ0v) is 11.9. The van der Waals surface area contributed by atoms with E-state index in [0.717, 1.165) is 6.42 Å². The van der Waals surface area contributed by atoms with Crippen LogP contribution in [0.3, 0.4) is 0 Å². The van der Waals surface area contributed by atoms with Crippen molar-refractivity contribution in [3.63, 3.8) is 0 Å². The third-order valence-corrected chi connectivity index (χ3v) is 3.23. The Morgan fingerprint density at radius 3 is 2.22 bits per heavy atom. The highest BCUT2D eigenvalue weighted by Crippen LogP contribution is 2.31. The molecule has 1 aliphatic rings. The average molecular weight is 257 g/mol. The van der Waals surface area contributed by atoms with Crippen LogP contribution in [-0.4, -0.2) is 50.7 Å². The number of hydrogen-bond donors (Lipinski definition) is 0. The van der Waals surface area contributed by atoms with Crippen LogP contribution in [-0.2, 0) is 19.1 Å². The molecule has 1 rings (SSSR count). The van der Waals surface area contributed by atoms with Gasteiger partial charge in [-0.05, 0) is 11.8 Å². The first-order chi connectivity index (χ1) is 8.23. The van der Waals surface area contributed by atoms with Crippen molar-refractivity contribution in [1.29, 1.82) is 0 Å². The van der Waals surface area contributed by atoms with Gasteiger partial charge in [-0.15, -0.1) is 0 Å². The van der Waals surface area contributed by atoms with Crippen LogP contribution >= 0.6 is 0 Å². The molecule has 0 spiro atoms. The van der Waals surface area contributed by atoms with Gasteiger partial charge in [-0.2, -0.15) is 0 Å². The Bertz CT molecular complexity index is 328. The number of rotatable bonds is 4. The number of hydrogen-bond acceptors (Lipinski definition) is 4. The average Bonchev–Trinajstić information content (AvgIpc) is 2.22. The molecule has 18 heavy (non-hydrogen) atoms. The predicted molar refractivity (Wildman–Crippen MR) is 67.0 cm³/mol. The number of amides is 1. The summed E-state index contributed by atoms with van der Waals surface area (Å²) in [5.41, 5.74) is -0.954. The highest BCUT2D eigenvalue weighted by molar-refractivity contribution is 6.03. The minimum Gasteiger partial charge on any atom is -0.468 e. The minimum absolute atomic E-state index is 0.123. The Balaban J connectivity index is 2.65. The quantitative estimate of drug-likeness (QED) is 0.558. The fourth-order valence-electron chi connectivity index (χ4n) is 1.80. The first kappa shape index (κ1) is 15.0. The highest BCUT2D eigenvalue weighted by Gasteiger charge is 2.55. The van der Waals surface area contributed by atoms with Gasteiger partial charge in [-0.3, -0.25) is 9.59 Å². The van der Waals surface area contributed by atoms with Crippen molar-refractivity contribution < 1.29 is 19.1 Å². The molecule has 0 N–H and O–H groups in total. The molecule has 5 heteroatoms. The van der Waals surface area contributed by atoms with E-state index < -0.39 is 11.4 Å². The summed E-state index contributed by atoms with van der Waals surface area (Å²) in [6.45, 7) is 7.23. The normalized spacial score (nSPS) is 17.8.